The molecule has 1 saturated carbocycles. The summed E-state index contributed by atoms with van der Waals surface area (Å²) in [6.07, 6.45) is 7.38. The van der Waals surface area contributed by atoms with Crippen LogP contribution in [0.3, 0.4) is 0 Å². The predicted molar refractivity (Wildman–Crippen MR) is 104 cm³/mol. The Hall–Kier alpha value is -1.62. The van der Waals surface area contributed by atoms with Crippen molar-refractivity contribution < 1.29 is 19.4 Å². The molecule has 4 nitrogen and oxygen atoms in total. The zero-order valence-corrected chi connectivity index (χ0v) is 16.3. The van der Waals surface area contributed by atoms with E-state index in [-0.39, 0.29) is 29.4 Å². The van der Waals surface area contributed by atoms with Crippen molar-refractivity contribution in [2.45, 2.75) is 64.5 Å². The lowest BCUT2D eigenvalue weighted by molar-refractivity contribution is 0.0808. The number of alkyl halides is 1. The first kappa shape index (κ1) is 20.1. The third-order valence-corrected chi connectivity index (χ3v) is 6.36. The van der Waals surface area contributed by atoms with Crippen molar-refractivity contribution >= 4 is 5.78 Å². The van der Waals surface area contributed by atoms with E-state index < -0.39 is 12.0 Å². The van der Waals surface area contributed by atoms with Crippen molar-refractivity contribution in [3.05, 3.63) is 23.3 Å². The highest BCUT2D eigenvalue weighted by atomic mass is 19.1. The highest BCUT2D eigenvalue weighted by Gasteiger charge is 2.29. The average Bonchev–Trinajstić information content (AvgIpc) is 2.66. The molecule has 1 aliphatic heterocycles. The second kappa shape index (κ2) is 9.05. The number of aryl methyl sites for hydroxylation is 1. The van der Waals surface area contributed by atoms with Crippen molar-refractivity contribution in [1.82, 2.24) is 4.90 Å². The Balaban J connectivity index is 1.48. The molecule has 1 aliphatic carbocycles. The number of nitrogens with zero attached hydrogens (tertiary/aromatic N) is 1. The molecule has 0 spiro atoms. The SMILES string of the molecule is Cc1cc(O)c(O)cc1C(=O)C(F)CC1CCN(CC2CCCCC2)CC1. The van der Waals surface area contributed by atoms with Crippen LogP contribution in [0.25, 0.3) is 0 Å². The van der Waals surface area contributed by atoms with Gasteiger partial charge < -0.3 is 15.1 Å². The second-order valence-electron chi connectivity index (χ2n) is 8.47. The summed E-state index contributed by atoms with van der Waals surface area (Å²) in [6, 6.07) is 2.48. The number of piperidine rings is 1. The quantitative estimate of drug-likeness (QED) is 0.561. The molecule has 150 valence electrons. The van der Waals surface area contributed by atoms with Crippen molar-refractivity contribution in [1.29, 1.82) is 0 Å². The lowest BCUT2D eigenvalue weighted by Gasteiger charge is -2.35. The van der Waals surface area contributed by atoms with Gasteiger partial charge in [0.05, 0.1) is 0 Å². The molecule has 2 N–H and O–H groups in total. The Morgan fingerprint density at radius 1 is 1.07 bits per heavy atom. The number of Topliss-reactive ketones (excluding diaryl/α,β-unsaturated/α-hetero) is 1. The van der Waals surface area contributed by atoms with Crippen molar-refractivity contribution in [3.63, 3.8) is 0 Å². The number of halogens is 1. The zero-order chi connectivity index (χ0) is 19.4. The summed E-state index contributed by atoms with van der Waals surface area (Å²) >= 11 is 0. The van der Waals surface area contributed by atoms with Crippen LogP contribution in [0.2, 0.25) is 0 Å². The van der Waals surface area contributed by atoms with Crippen LogP contribution in [0.15, 0.2) is 12.1 Å². The van der Waals surface area contributed by atoms with E-state index in [1.54, 1.807) is 6.92 Å². The molecule has 3 rings (SSSR count). The van der Waals surface area contributed by atoms with Crippen LogP contribution >= 0.6 is 0 Å². The van der Waals surface area contributed by atoms with Crippen LogP contribution in [-0.4, -0.2) is 46.7 Å². The molecular weight excluding hydrogens is 345 g/mol. The lowest BCUT2D eigenvalue weighted by Crippen LogP contribution is -2.38. The minimum atomic E-state index is -1.55. The summed E-state index contributed by atoms with van der Waals surface area (Å²) in [7, 11) is 0. The maximum absolute atomic E-state index is 14.6. The summed E-state index contributed by atoms with van der Waals surface area (Å²) in [6.45, 7) is 4.82. The number of phenols is 2. The molecule has 5 heteroatoms. The molecule has 2 aliphatic rings. The maximum atomic E-state index is 14.6. The van der Waals surface area contributed by atoms with E-state index in [2.05, 4.69) is 4.90 Å². The molecular formula is C22H32FNO3. The molecule has 1 heterocycles. The van der Waals surface area contributed by atoms with Gasteiger partial charge in [0.1, 0.15) is 0 Å². The standard InChI is InChI=1S/C22H32FNO3/c1-15-11-20(25)21(26)13-18(15)22(27)19(23)12-16-7-9-24(10-8-16)14-17-5-3-2-4-6-17/h11,13,16-17,19,25-26H,2-10,12,14H2,1H3. The van der Waals surface area contributed by atoms with Crippen molar-refractivity contribution in [2.24, 2.45) is 11.8 Å². The normalized spacial score (nSPS) is 21.3. The molecule has 0 amide bonds. The fourth-order valence-electron chi connectivity index (χ4n) is 4.65. The third-order valence-electron chi connectivity index (χ3n) is 6.36. The van der Waals surface area contributed by atoms with E-state index in [0.29, 0.717) is 5.56 Å². The molecule has 2 fully saturated rings. The van der Waals surface area contributed by atoms with Gasteiger partial charge in [-0.15, -0.1) is 0 Å². The van der Waals surface area contributed by atoms with Crippen LogP contribution in [0.4, 0.5) is 4.39 Å². The number of likely N-dealkylation sites (tertiary alicyclic amines) is 1. The van der Waals surface area contributed by atoms with Gasteiger partial charge in [-0.2, -0.15) is 0 Å². The van der Waals surface area contributed by atoms with Gasteiger partial charge in [-0.25, -0.2) is 4.39 Å². The van der Waals surface area contributed by atoms with Crippen LogP contribution < -0.4 is 0 Å². The third kappa shape index (κ3) is 5.22. The summed E-state index contributed by atoms with van der Waals surface area (Å²) in [5.74, 6) is -0.196. The molecule has 0 radical (unpaired) electrons. The van der Waals surface area contributed by atoms with Crippen LogP contribution in [0, 0.1) is 18.8 Å². The first-order chi connectivity index (χ1) is 12.9. The van der Waals surface area contributed by atoms with Gasteiger partial charge in [0.25, 0.3) is 0 Å². The van der Waals surface area contributed by atoms with E-state index in [1.807, 2.05) is 0 Å². The zero-order valence-electron chi connectivity index (χ0n) is 16.3. The smallest absolute Gasteiger partial charge is 0.197 e. The summed E-state index contributed by atoms with van der Waals surface area (Å²) in [4.78, 5) is 15.0. The first-order valence-electron chi connectivity index (χ1n) is 10.4. The Labute approximate surface area is 161 Å². The molecule has 27 heavy (non-hydrogen) atoms. The number of aromatic hydroxyl groups is 2. The molecule has 1 atom stereocenters. The molecule has 0 bridgehead atoms. The van der Waals surface area contributed by atoms with Gasteiger partial charge in [-0.05, 0) is 81.6 Å². The van der Waals surface area contributed by atoms with E-state index >= 15 is 0 Å². The van der Waals surface area contributed by atoms with Crippen LogP contribution in [0.1, 0.15) is 67.3 Å². The van der Waals surface area contributed by atoms with Gasteiger partial charge in [-0.1, -0.05) is 19.3 Å². The monoisotopic (exact) mass is 377 g/mol. The maximum Gasteiger partial charge on any atom is 0.197 e. The van der Waals surface area contributed by atoms with Gasteiger partial charge in [-0.3, -0.25) is 4.79 Å². The number of hydrogen-bond acceptors (Lipinski definition) is 4. The molecule has 1 saturated heterocycles. The predicted octanol–water partition coefficient (Wildman–Crippen LogP) is 4.61. The lowest BCUT2D eigenvalue weighted by atomic mass is 9.86. The molecule has 0 aromatic heterocycles. The number of benzene rings is 1. The van der Waals surface area contributed by atoms with E-state index in [9.17, 15) is 19.4 Å². The Morgan fingerprint density at radius 2 is 1.70 bits per heavy atom. The van der Waals surface area contributed by atoms with E-state index in [4.69, 9.17) is 0 Å². The largest absolute Gasteiger partial charge is 0.504 e. The Kier molecular flexibility index (Phi) is 6.74. The number of hydrogen-bond donors (Lipinski definition) is 2. The molecule has 1 aromatic rings. The van der Waals surface area contributed by atoms with E-state index in [1.165, 1.54) is 50.8 Å². The number of carbonyl (C=O) groups is 1. The minimum absolute atomic E-state index is 0.160. The number of rotatable bonds is 6. The fraction of sp³-hybridized carbons (Fsp3) is 0.682. The van der Waals surface area contributed by atoms with Crippen LogP contribution in [0.5, 0.6) is 11.5 Å². The van der Waals surface area contributed by atoms with Gasteiger partial charge in [0, 0.05) is 12.1 Å². The minimum Gasteiger partial charge on any atom is -0.504 e. The van der Waals surface area contributed by atoms with Crippen molar-refractivity contribution in [2.75, 3.05) is 19.6 Å². The molecule has 1 aromatic carbocycles. The second-order valence-corrected chi connectivity index (χ2v) is 8.47. The van der Waals surface area contributed by atoms with E-state index in [0.717, 1.165) is 31.8 Å². The van der Waals surface area contributed by atoms with Gasteiger partial charge in [0.15, 0.2) is 23.5 Å². The first-order valence-corrected chi connectivity index (χ1v) is 10.4. The highest BCUT2D eigenvalue weighted by molar-refractivity contribution is 6.01. The Bertz CT molecular complexity index is 649. The Morgan fingerprint density at radius 3 is 2.37 bits per heavy atom. The van der Waals surface area contributed by atoms with Crippen molar-refractivity contribution in [3.8, 4) is 11.5 Å². The van der Waals surface area contributed by atoms with Crippen LogP contribution in [-0.2, 0) is 0 Å². The number of phenolic OH excluding ortho intramolecular Hbond substituents is 2. The molecule has 1 unspecified atom stereocenters. The fourth-order valence-corrected chi connectivity index (χ4v) is 4.65. The average molecular weight is 378 g/mol. The summed E-state index contributed by atoms with van der Waals surface area (Å²) < 4.78 is 14.6. The topological polar surface area (TPSA) is 60.8 Å². The summed E-state index contributed by atoms with van der Waals surface area (Å²) in [5, 5.41) is 19.1. The summed E-state index contributed by atoms with van der Waals surface area (Å²) in [5.41, 5.74) is 0.646. The number of carbonyl (C=O) groups excluding carboxylic acids is 1. The highest BCUT2D eigenvalue weighted by Crippen LogP contribution is 2.31. The van der Waals surface area contributed by atoms with Gasteiger partial charge in [0.2, 0.25) is 0 Å². The number of ketones is 1. The van der Waals surface area contributed by atoms with Gasteiger partial charge >= 0.3 is 0 Å².